The molecule has 0 N–H and O–H groups in total. The number of rotatable bonds is 10. The zero-order valence-corrected chi connectivity index (χ0v) is 12.5. The molecule has 0 amide bonds. The van der Waals surface area contributed by atoms with Crippen LogP contribution in [0.1, 0.15) is 83.5 Å². The third kappa shape index (κ3) is 9.07. The lowest BCUT2D eigenvalue weighted by Crippen LogP contribution is -2.12. The van der Waals surface area contributed by atoms with Gasteiger partial charge in [0.2, 0.25) is 0 Å². The van der Waals surface area contributed by atoms with Crippen LogP contribution in [-0.2, 0) is 9.53 Å². The van der Waals surface area contributed by atoms with Crippen molar-refractivity contribution in [3.05, 3.63) is 6.92 Å². The van der Waals surface area contributed by atoms with Crippen molar-refractivity contribution in [1.29, 1.82) is 0 Å². The molecule has 0 aromatic heterocycles. The zero-order valence-electron chi connectivity index (χ0n) is 12.5. The highest BCUT2D eigenvalue weighted by Crippen LogP contribution is 2.26. The van der Waals surface area contributed by atoms with Gasteiger partial charge in [-0.25, -0.2) is 0 Å². The fraction of sp³-hybridized carbons (Fsp3) is 0.882. The maximum absolute atomic E-state index is 11.5. The molecule has 2 heteroatoms. The van der Waals surface area contributed by atoms with Crippen LogP contribution in [0.3, 0.4) is 0 Å². The summed E-state index contributed by atoms with van der Waals surface area (Å²) in [5.74, 6) is 0.817. The van der Waals surface area contributed by atoms with Crippen molar-refractivity contribution in [2.45, 2.75) is 83.5 Å². The number of hydrogen-bond acceptors (Lipinski definition) is 2. The summed E-state index contributed by atoms with van der Waals surface area (Å²) < 4.78 is 5.32. The predicted octanol–water partition coefficient (Wildman–Crippen LogP) is 5.06. The summed E-state index contributed by atoms with van der Waals surface area (Å²) in [6, 6.07) is 0. The Morgan fingerprint density at radius 2 is 1.68 bits per heavy atom. The Morgan fingerprint density at radius 3 is 2.42 bits per heavy atom. The minimum Gasteiger partial charge on any atom is -0.466 e. The average molecular weight is 267 g/mol. The molecule has 1 fully saturated rings. The first kappa shape index (κ1) is 16.5. The first-order chi connectivity index (χ1) is 9.33. The average Bonchev–Trinajstić information content (AvgIpc) is 2.44. The van der Waals surface area contributed by atoms with Gasteiger partial charge in [-0.1, -0.05) is 71.1 Å². The van der Waals surface area contributed by atoms with E-state index >= 15 is 0 Å². The van der Waals surface area contributed by atoms with Crippen LogP contribution < -0.4 is 0 Å². The topological polar surface area (TPSA) is 26.3 Å². The second kappa shape index (κ2) is 11.3. The lowest BCUT2D eigenvalue weighted by Gasteiger charge is -2.21. The summed E-state index contributed by atoms with van der Waals surface area (Å²) >= 11 is 0. The Hall–Kier alpha value is -0.530. The van der Waals surface area contributed by atoms with Gasteiger partial charge in [-0.05, 0) is 18.8 Å². The molecule has 0 spiro atoms. The van der Waals surface area contributed by atoms with Gasteiger partial charge in [0.15, 0.2) is 0 Å². The molecule has 1 aliphatic carbocycles. The Kier molecular flexibility index (Phi) is 9.84. The Morgan fingerprint density at radius 1 is 1.00 bits per heavy atom. The van der Waals surface area contributed by atoms with Crippen molar-refractivity contribution in [1.82, 2.24) is 0 Å². The largest absolute Gasteiger partial charge is 0.466 e. The summed E-state index contributed by atoms with van der Waals surface area (Å²) in [5, 5.41) is 0. The molecular formula is C17H31O2. The smallest absolute Gasteiger partial charge is 0.305 e. The minimum atomic E-state index is 0.00738. The molecule has 1 radical (unpaired) electrons. The van der Waals surface area contributed by atoms with Crippen LogP contribution in [0.15, 0.2) is 0 Å². The molecule has 19 heavy (non-hydrogen) atoms. The SMILES string of the molecule is [CH2]CCCCCCCC(=O)OCCC1CCCCC1. The number of unbranched alkanes of at least 4 members (excludes halogenated alkanes) is 5. The van der Waals surface area contributed by atoms with Crippen molar-refractivity contribution < 1.29 is 9.53 Å². The van der Waals surface area contributed by atoms with Gasteiger partial charge in [-0.15, -0.1) is 0 Å². The van der Waals surface area contributed by atoms with Gasteiger partial charge in [0.25, 0.3) is 0 Å². The van der Waals surface area contributed by atoms with Gasteiger partial charge in [-0.2, -0.15) is 0 Å². The molecule has 0 atom stereocenters. The molecule has 1 saturated carbocycles. The van der Waals surface area contributed by atoms with Gasteiger partial charge in [-0.3, -0.25) is 4.79 Å². The number of hydrogen-bond donors (Lipinski definition) is 0. The van der Waals surface area contributed by atoms with E-state index in [9.17, 15) is 4.79 Å². The number of carbonyl (C=O) groups is 1. The molecule has 2 nitrogen and oxygen atoms in total. The summed E-state index contributed by atoms with van der Waals surface area (Å²) in [7, 11) is 0. The van der Waals surface area contributed by atoms with Crippen molar-refractivity contribution in [2.24, 2.45) is 5.92 Å². The van der Waals surface area contributed by atoms with Gasteiger partial charge in [0.05, 0.1) is 6.61 Å². The molecule has 0 aromatic rings. The highest BCUT2D eigenvalue weighted by atomic mass is 16.5. The van der Waals surface area contributed by atoms with Gasteiger partial charge in [0.1, 0.15) is 0 Å². The Labute approximate surface area is 119 Å². The van der Waals surface area contributed by atoms with E-state index in [4.69, 9.17) is 4.74 Å². The van der Waals surface area contributed by atoms with Crippen molar-refractivity contribution in [3.8, 4) is 0 Å². The van der Waals surface area contributed by atoms with E-state index in [-0.39, 0.29) is 5.97 Å². The molecule has 0 saturated heterocycles. The number of ether oxygens (including phenoxy) is 1. The van der Waals surface area contributed by atoms with E-state index in [1.807, 2.05) is 0 Å². The molecular weight excluding hydrogens is 236 g/mol. The second-order valence-electron chi connectivity index (χ2n) is 5.88. The number of esters is 1. The van der Waals surface area contributed by atoms with E-state index in [1.165, 1.54) is 51.4 Å². The quantitative estimate of drug-likeness (QED) is 0.408. The van der Waals surface area contributed by atoms with Crippen LogP contribution in [0.5, 0.6) is 0 Å². The Balaban J connectivity index is 1.87. The summed E-state index contributed by atoms with van der Waals surface area (Å²) in [4.78, 5) is 11.5. The Bertz CT molecular complexity index is 219. The van der Waals surface area contributed by atoms with Crippen molar-refractivity contribution in [2.75, 3.05) is 6.61 Å². The fourth-order valence-electron chi connectivity index (χ4n) is 2.86. The third-order valence-electron chi connectivity index (χ3n) is 4.14. The number of carbonyl (C=O) groups excluding carboxylic acids is 1. The summed E-state index contributed by atoms with van der Waals surface area (Å²) in [5.41, 5.74) is 0. The van der Waals surface area contributed by atoms with E-state index < -0.39 is 0 Å². The molecule has 1 aliphatic rings. The van der Waals surface area contributed by atoms with E-state index in [0.717, 1.165) is 31.6 Å². The molecule has 0 aromatic carbocycles. The lowest BCUT2D eigenvalue weighted by atomic mass is 9.87. The monoisotopic (exact) mass is 267 g/mol. The first-order valence-electron chi connectivity index (χ1n) is 8.28. The molecule has 0 aliphatic heterocycles. The zero-order chi connectivity index (χ0) is 13.8. The highest BCUT2D eigenvalue weighted by molar-refractivity contribution is 5.69. The first-order valence-corrected chi connectivity index (χ1v) is 8.28. The van der Waals surface area contributed by atoms with Crippen molar-refractivity contribution in [3.63, 3.8) is 0 Å². The maximum Gasteiger partial charge on any atom is 0.305 e. The van der Waals surface area contributed by atoms with Crippen LogP contribution in [0, 0.1) is 12.8 Å². The van der Waals surface area contributed by atoms with E-state index in [1.54, 1.807) is 0 Å². The molecule has 1 rings (SSSR count). The van der Waals surface area contributed by atoms with Crippen molar-refractivity contribution >= 4 is 5.97 Å². The third-order valence-corrected chi connectivity index (χ3v) is 4.14. The lowest BCUT2D eigenvalue weighted by molar-refractivity contribution is -0.144. The van der Waals surface area contributed by atoms with Crippen LogP contribution in [0.4, 0.5) is 0 Å². The predicted molar refractivity (Wildman–Crippen MR) is 79.8 cm³/mol. The standard InChI is InChI=1S/C17H31O2/c1-2-3-4-5-6-10-13-17(18)19-15-14-16-11-8-7-9-12-16/h16H,1-15H2. The molecule has 111 valence electrons. The van der Waals surface area contributed by atoms with Crippen LogP contribution in [-0.4, -0.2) is 12.6 Å². The van der Waals surface area contributed by atoms with E-state index in [0.29, 0.717) is 13.0 Å². The fourth-order valence-corrected chi connectivity index (χ4v) is 2.86. The maximum atomic E-state index is 11.5. The highest BCUT2D eigenvalue weighted by Gasteiger charge is 2.13. The summed E-state index contributed by atoms with van der Waals surface area (Å²) in [6.45, 7) is 4.47. The van der Waals surface area contributed by atoms with E-state index in [2.05, 4.69) is 6.92 Å². The van der Waals surface area contributed by atoms with Gasteiger partial charge < -0.3 is 4.74 Å². The molecule has 0 heterocycles. The van der Waals surface area contributed by atoms with Crippen LogP contribution >= 0.6 is 0 Å². The minimum absolute atomic E-state index is 0.00738. The summed E-state index contributed by atoms with van der Waals surface area (Å²) in [6.07, 6.45) is 15.3. The molecule has 0 unspecified atom stereocenters. The normalized spacial score (nSPS) is 16.5. The van der Waals surface area contributed by atoms with Gasteiger partial charge >= 0.3 is 5.97 Å². The molecule has 0 bridgehead atoms. The van der Waals surface area contributed by atoms with Crippen LogP contribution in [0.25, 0.3) is 0 Å². The van der Waals surface area contributed by atoms with Gasteiger partial charge in [0, 0.05) is 6.42 Å². The second-order valence-corrected chi connectivity index (χ2v) is 5.88. The van der Waals surface area contributed by atoms with Crippen LogP contribution in [0.2, 0.25) is 0 Å².